The lowest BCUT2D eigenvalue weighted by Gasteiger charge is -2.42. The Kier molecular flexibility index (Phi) is 3.06. The number of carbonyl (C=O) groups excluding carboxylic acids is 1. The van der Waals surface area contributed by atoms with Crippen LogP contribution >= 0.6 is 0 Å². The highest BCUT2D eigenvalue weighted by atomic mass is 16.5. The molecule has 0 spiro atoms. The van der Waals surface area contributed by atoms with Crippen LogP contribution in [0.5, 0.6) is 0 Å². The molecule has 96 valence electrons. The molecule has 2 aliphatic heterocycles. The van der Waals surface area contributed by atoms with Gasteiger partial charge in [-0.25, -0.2) is 0 Å². The lowest BCUT2D eigenvalue weighted by molar-refractivity contribution is -0.130. The Morgan fingerprint density at radius 1 is 1.39 bits per heavy atom. The average molecular weight is 246 g/mol. The van der Waals surface area contributed by atoms with Crippen molar-refractivity contribution in [2.75, 3.05) is 33.4 Å². The SMILES string of the molecule is COCC1CN2CCNC(=O)C2c2ccccc21. The Labute approximate surface area is 107 Å². The van der Waals surface area contributed by atoms with Gasteiger partial charge in [-0.05, 0) is 11.1 Å². The first kappa shape index (κ1) is 11.7. The van der Waals surface area contributed by atoms with Crippen molar-refractivity contribution in [3.8, 4) is 0 Å². The molecule has 0 bridgehead atoms. The van der Waals surface area contributed by atoms with Crippen molar-refractivity contribution in [3.63, 3.8) is 0 Å². The van der Waals surface area contributed by atoms with Gasteiger partial charge in [0.25, 0.3) is 0 Å². The Morgan fingerprint density at radius 3 is 2.94 bits per heavy atom. The highest BCUT2D eigenvalue weighted by Gasteiger charge is 2.38. The van der Waals surface area contributed by atoms with E-state index in [2.05, 4.69) is 22.3 Å². The molecule has 2 unspecified atom stereocenters. The molecule has 4 heteroatoms. The highest BCUT2D eigenvalue weighted by molar-refractivity contribution is 5.84. The van der Waals surface area contributed by atoms with Crippen LogP contribution in [0.25, 0.3) is 0 Å². The summed E-state index contributed by atoms with van der Waals surface area (Å²) in [6.07, 6.45) is 0. The summed E-state index contributed by atoms with van der Waals surface area (Å²) in [5.74, 6) is 0.498. The molecule has 1 fully saturated rings. The maximum atomic E-state index is 12.1. The Balaban J connectivity index is 2.02. The molecule has 1 saturated heterocycles. The van der Waals surface area contributed by atoms with Crippen LogP contribution in [0.3, 0.4) is 0 Å². The fourth-order valence-electron chi connectivity index (χ4n) is 3.11. The number of hydrogen-bond acceptors (Lipinski definition) is 3. The second kappa shape index (κ2) is 4.71. The zero-order valence-electron chi connectivity index (χ0n) is 10.6. The molecule has 2 aliphatic rings. The van der Waals surface area contributed by atoms with Gasteiger partial charge in [-0.15, -0.1) is 0 Å². The van der Waals surface area contributed by atoms with Gasteiger partial charge in [-0.2, -0.15) is 0 Å². The van der Waals surface area contributed by atoms with Crippen LogP contribution in [0.4, 0.5) is 0 Å². The predicted octanol–water partition coefficient (Wildman–Crippen LogP) is 0.903. The summed E-state index contributed by atoms with van der Waals surface area (Å²) >= 11 is 0. The number of methoxy groups -OCH3 is 1. The fraction of sp³-hybridized carbons (Fsp3) is 0.500. The molecular formula is C14H18N2O2. The van der Waals surface area contributed by atoms with Crippen LogP contribution in [0, 0.1) is 0 Å². The first-order chi connectivity index (χ1) is 8.81. The summed E-state index contributed by atoms with van der Waals surface area (Å²) in [7, 11) is 1.73. The third-order valence-corrected chi connectivity index (χ3v) is 3.86. The van der Waals surface area contributed by atoms with E-state index in [1.807, 2.05) is 12.1 Å². The van der Waals surface area contributed by atoms with Crippen LogP contribution in [0.2, 0.25) is 0 Å². The van der Waals surface area contributed by atoms with E-state index in [0.717, 1.165) is 25.2 Å². The minimum Gasteiger partial charge on any atom is -0.384 e. The number of nitrogens with zero attached hydrogens (tertiary/aromatic N) is 1. The average Bonchev–Trinajstić information content (AvgIpc) is 2.39. The van der Waals surface area contributed by atoms with Gasteiger partial charge >= 0.3 is 0 Å². The van der Waals surface area contributed by atoms with E-state index in [-0.39, 0.29) is 11.9 Å². The molecule has 2 atom stereocenters. The van der Waals surface area contributed by atoms with Gasteiger partial charge in [0.15, 0.2) is 0 Å². The number of benzene rings is 1. The number of nitrogens with one attached hydrogen (secondary N) is 1. The number of amides is 1. The molecule has 4 nitrogen and oxygen atoms in total. The Hall–Kier alpha value is -1.39. The van der Waals surface area contributed by atoms with Crippen molar-refractivity contribution < 1.29 is 9.53 Å². The fourth-order valence-corrected chi connectivity index (χ4v) is 3.11. The van der Waals surface area contributed by atoms with Crippen molar-refractivity contribution in [1.29, 1.82) is 0 Å². The van der Waals surface area contributed by atoms with Gasteiger partial charge in [0.2, 0.25) is 5.91 Å². The second-order valence-corrected chi connectivity index (χ2v) is 4.97. The molecular weight excluding hydrogens is 228 g/mol. The van der Waals surface area contributed by atoms with Crippen molar-refractivity contribution in [1.82, 2.24) is 10.2 Å². The first-order valence-electron chi connectivity index (χ1n) is 6.41. The van der Waals surface area contributed by atoms with E-state index in [9.17, 15) is 4.79 Å². The monoisotopic (exact) mass is 246 g/mol. The lowest BCUT2D eigenvalue weighted by atomic mass is 9.84. The smallest absolute Gasteiger partial charge is 0.242 e. The van der Waals surface area contributed by atoms with Gasteiger partial charge in [0, 0.05) is 32.7 Å². The Morgan fingerprint density at radius 2 is 2.17 bits per heavy atom. The van der Waals surface area contributed by atoms with Gasteiger partial charge in [0.1, 0.15) is 6.04 Å². The molecule has 3 rings (SSSR count). The maximum absolute atomic E-state index is 12.1. The van der Waals surface area contributed by atoms with Gasteiger partial charge in [-0.3, -0.25) is 9.69 Å². The van der Waals surface area contributed by atoms with Crippen LogP contribution in [0.15, 0.2) is 24.3 Å². The minimum atomic E-state index is -0.108. The summed E-state index contributed by atoms with van der Waals surface area (Å²) in [5, 5.41) is 2.96. The van der Waals surface area contributed by atoms with Crippen LogP contribution in [-0.2, 0) is 9.53 Å². The van der Waals surface area contributed by atoms with Crippen molar-refractivity contribution in [3.05, 3.63) is 35.4 Å². The number of rotatable bonds is 2. The minimum absolute atomic E-state index is 0.108. The molecule has 2 heterocycles. The number of hydrogen-bond donors (Lipinski definition) is 1. The van der Waals surface area contributed by atoms with E-state index in [0.29, 0.717) is 12.5 Å². The van der Waals surface area contributed by atoms with E-state index in [1.165, 1.54) is 5.56 Å². The van der Waals surface area contributed by atoms with E-state index >= 15 is 0 Å². The molecule has 1 N–H and O–H groups in total. The quantitative estimate of drug-likeness (QED) is 0.843. The van der Waals surface area contributed by atoms with E-state index < -0.39 is 0 Å². The van der Waals surface area contributed by atoms with Crippen molar-refractivity contribution in [2.45, 2.75) is 12.0 Å². The maximum Gasteiger partial charge on any atom is 0.242 e. The molecule has 1 aromatic carbocycles. The van der Waals surface area contributed by atoms with Crippen LogP contribution in [0.1, 0.15) is 23.1 Å². The molecule has 0 saturated carbocycles. The summed E-state index contributed by atoms with van der Waals surface area (Å²) in [6, 6.07) is 8.13. The molecule has 1 aromatic rings. The van der Waals surface area contributed by atoms with Gasteiger partial charge < -0.3 is 10.1 Å². The topological polar surface area (TPSA) is 41.6 Å². The Bertz CT molecular complexity index is 461. The molecule has 18 heavy (non-hydrogen) atoms. The third-order valence-electron chi connectivity index (χ3n) is 3.86. The molecule has 0 aromatic heterocycles. The lowest BCUT2D eigenvalue weighted by Crippen LogP contribution is -2.53. The number of fused-ring (bicyclic) bond motifs is 3. The first-order valence-corrected chi connectivity index (χ1v) is 6.41. The van der Waals surface area contributed by atoms with Crippen LogP contribution < -0.4 is 5.32 Å². The summed E-state index contributed by atoms with van der Waals surface area (Å²) in [4.78, 5) is 14.3. The second-order valence-electron chi connectivity index (χ2n) is 4.97. The molecule has 0 radical (unpaired) electrons. The van der Waals surface area contributed by atoms with E-state index in [4.69, 9.17) is 4.74 Å². The molecule has 0 aliphatic carbocycles. The molecule has 1 amide bonds. The number of carbonyl (C=O) groups is 1. The van der Waals surface area contributed by atoms with Gasteiger partial charge in [-0.1, -0.05) is 24.3 Å². The summed E-state index contributed by atoms with van der Waals surface area (Å²) in [5.41, 5.74) is 2.40. The predicted molar refractivity (Wildman–Crippen MR) is 68.4 cm³/mol. The van der Waals surface area contributed by atoms with Gasteiger partial charge in [0.05, 0.1) is 6.61 Å². The largest absolute Gasteiger partial charge is 0.384 e. The van der Waals surface area contributed by atoms with Crippen molar-refractivity contribution >= 4 is 5.91 Å². The summed E-state index contributed by atoms with van der Waals surface area (Å²) in [6.45, 7) is 3.28. The zero-order valence-corrected chi connectivity index (χ0v) is 10.6. The van der Waals surface area contributed by atoms with Crippen molar-refractivity contribution in [2.24, 2.45) is 0 Å². The zero-order chi connectivity index (χ0) is 12.5. The third kappa shape index (κ3) is 1.82. The van der Waals surface area contributed by atoms with E-state index in [1.54, 1.807) is 7.11 Å². The number of piperazine rings is 1. The standard InChI is InChI=1S/C14H18N2O2/c1-18-9-10-8-16-7-6-15-14(17)13(16)12-5-3-2-4-11(10)12/h2-5,10,13H,6-9H2,1H3,(H,15,17). The normalized spacial score (nSPS) is 27.3. The van der Waals surface area contributed by atoms with Crippen LogP contribution in [-0.4, -0.2) is 44.2 Å². The summed E-state index contributed by atoms with van der Waals surface area (Å²) < 4.78 is 5.32. The highest BCUT2D eigenvalue weighted by Crippen LogP contribution is 2.36. The number of ether oxygens (including phenoxy) is 1.